The third-order valence-electron chi connectivity index (χ3n) is 3.67. The number of aromatic nitrogens is 2. The molecule has 1 aromatic carbocycles. The van der Waals surface area contributed by atoms with Crippen molar-refractivity contribution in [3.63, 3.8) is 0 Å². The fourth-order valence-corrected chi connectivity index (χ4v) is 2.59. The minimum Gasteiger partial charge on any atom is -0.488 e. The number of hydrogen-bond acceptors (Lipinski definition) is 3. The van der Waals surface area contributed by atoms with Crippen LogP contribution in [0.2, 0.25) is 0 Å². The van der Waals surface area contributed by atoms with Crippen LogP contribution >= 0.6 is 0 Å². The molecule has 3 rings (SSSR count). The number of nitrogens with zero attached hydrogens (tertiary/aromatic N) is 2. The van der Waals surface area contributed by atoms with Crippen LogP contribution in [0.5, 0.6) is 5.75 Å². The topological polar surface area (TPSA) is 39.1 Å². The lowest BCUT2D eigenvalue weighted by atomic mass is 10.1. The van der Waals surface area contributed by atoms with Crippen molar-refractivity contribution in [2.45, 2.75) is 25.5 Å². The molecule has 1 aliphatic rings. The summed E-state index contributed by atoms with van der Waals surface area (Å²) in [5, 5.41) is 7.71. The summed E-state index contributed by atoms with van der Waals surface area (Å²) >= 11 is 0. The fraction of sp³-hybridized carbons (Fsp3) is 0.400. The third kappa shape index (κ3) is 2.49. The molecule has 0 saturated carbocycles. The highest BCUT2D eigenvalue weighted by Gasteiger charge is 2.22. The molecule has 1 aliphatic heterocycles. The van der Waals surface area contributed by atoms with Gasteiger partial charge in [-0.25, -0.2) is 0 Å². The molecule has 19 heavy (non-hydrogen) atoms. The zero-order chi connectivity index (χ0) is 13.2. The maximum atomic E-state index is 5.92. The van der Waals surface area contributed by atoms with E-state index in [4.69, 9.17) is 4.74 Å². The van der Waals surface area contributed by atoms with Crippen molar-refractivity contribution in [2.24, 2.45) is 7.05 Å². The first-order chi connectivity index (χ1) is 9.24. The van der Waals surface area contributed by atoms with Gasteiger partial charge in [0.1, 0.15) is 11.9 Å². The van der Waals surface area contributed by atoms with Crippen molar-refractivity contribution in [3.05, 3.63) is 47.8 Å². The number of nitrogens with one attached hydrogen (secondary N) is 1. The molecule has 2 atom stereocenters. The van der Waals surface area contributed by atoms with Crippen LogP contribution in [0.3, 0.4) is 0 Å². The normalized spacial score (nSPS) is 18.9. The van der Waals surface area contributed by atoms with Gasteiger partial charge in [0.2, 0.25) is 0 Å². The number of benzene rings is 1. The lowest BCUT2D eigenvalue weighted by Crippen LogP contribution is -2.32. The van der Waals surface area contributed by atoms with Gasteiger partial charge in [-0.1, -0.05) is 18.2 Å². The van der Waals surface area contributed by atoms with Crippen LogP contribution in [-0.4, -0.2) is 22.4 Å². The Hall–Kier alpha value is -1.81. The summed E-state index contributed by atoms with van der Waals surface area (Å²) in [4.78, 5) is 0. The van der Waals surface area contributed by atoms with E-state index in [1.54, 1.807) is 0 Å². The minimum absolute atomic E-state index is 0.230. The second kappa shape index (κ2) is 5.05. The molecular formula is C15H19N3O. The Bertz CT molecular complexity index is 539. The summed E-state index contributed by atoms with van der Waals surface area (Å²) in [6, 6.07) is 10.6. The highest BCUT2D eigenvalue weighted by atomic mass is 16.5. The number of para-hydroxylation sites is 1. The van der Waals surface area contributed by atoms with E-state index in [2.05, 4.69) is 29.5 Å². The lowest BCUT2D eigenvalue weighted by Gasteiger charge is -2.17. The molecule has 2 heterocycles. The molecule has 0 fully saturated rings. The first-order valence-corrected chi connectivity index (χ1v) is 6.70. The molecule has 2 aromatic rings. The van der Waals surface area contributed by atoms with Crippen molar-refractivity contribution in [3.8, 4) is 5.75 Å². The zero-order valence-electron chi connectivity index (χ0n) is 11.3. The van der Waals surface area contributed by atoms with E-state index < -0.39 is 0 Å². The number of ether oxygens (including phenoxy) is 1. The van der Waals surface area contributed by atoms with E-state index in [0.717, 1.165) is 18.7 Å². The van der Waals surface area contributed by atoms with Gasteiger partial charge in [0.25, 0.3) is 0 Å². The van der Waals surface area contributed by atoms with Gasteiger partial charge in [-0.3, -0.25) is 4.68 Å². The van der Waals surface area contributed by atoms with Crippen LogP contribution in [0.25, 0.3) is 0 Å². The summed E-state index contributed by atoms with van der Waals surface area (Å²) in [5.41, 5.74) is 2.50. The molecule has 0 saturated heterocycles. The first kappa shape index (κ1) is 12.2. The average Bonchev–Trinajstić information content (AvgIpc) is 3.01. The highest BCUT2D eigenvalue weighted by molar-refractivity contribution is 5.37. The Morgan fingerprint density at radius 3 is 3.00 bits per heavy atom. The number of rotatable bonds is 4. The molecule has 0 aliphatic carbocycles. The van der Waals surface area contributed by atoms with Crippen LogP contribution < -0.4 is 10.1 Å². The highest BCUT2D eigenvalue weighted by Crippen LogP contribution is 2.28. The molecular weight excluding hydrogens is 238 g/mol. The second-order valence-corrected chi connectivity index (χ2v) is 5.06. The standard InChI is InChI=1S/C15H19N3O/c1-11(14-7-8-17-18(14)2)16-10-13-9-12-5-3-4-6-15(12)19-13/h3-8,11,13,16H,9-10H2,1-2H3. The van der Waals surface area contributed by atoms with E-state index in [0.29, 0.717) is 0 Å². The van der Waals surface area contributed by atoms with Gasteiger partial charge in [0.15, 0.2) is 0 Å². The van der Waals surface area contributed by atoms with Gasteiger partial charge in [0, 0.05) is 32.3 Å². The van der Waals surface area contributed by atoms with E-state index >= 15 is 0 Å². The van der Waals surface area contributed by atoms with E-state index in [1.807, 2.05) is 36.1 Å². The Morgan fingerprint density at radius 1 is 1.42 bits per heavy atom. The summed E-state index contributed by atoms with van der Waals surface area (Å²) in [6.07, 6.45) is 3.05. The number of hydrogen-bond donors (Lipinski definition) is 1. The van der Waals surface area contributed by atoms with Crippen LogP contribution in [0.1, 0.15) is 24.2 Å². The molecule has 2 unspecified atom stereocenters. The maximum Gasteiger partial charge on any atom is 0.123 e. The zero-order valence-corrected chi connectivity index (χ0v) is 11.3. The van der Waals surface area contributed by atoms with Crippen LogP contribution in [0.15, 0.2) is 36.5 Å². The smallest absolute Gasteiger partial charge is 0.123 e. The molecule has 0 amide bonds. The van der Waals surface area contributed by atoms with Crippen molar-refractivity contribution in [2.75, 3.05) is 6.54 Å². The minimum atomic E-state index is 0.230. The van der Waals surface area contributed by atoms with Gasteiger partial charge in [-0.15, -0.1) is 0 Å². The van der Waals surface area contributed by atoms with Crippen LogP contribution in [0.4, 0.5) is 0 Å². The Labute approximate surface area is 113 Å². The van der Waals surface area contributed by atoms with Gasteiger partial charge in [-0.05, 0) is 24.6 Å². The van der Waals surface area contributed by atoms with E-state index in [9.17, 15) is 0 Å². The molecule has 0 spiro atoms. The first-order valence-electron chi connectivity index (χ1n) is 6.70. The molecule has 1 aromatic heterocycles. The fourth-order valence-electron chi connectivity index (χ4n) is 2.59. The van der Waals surface area contributed by atoms with E-state index in [1.165, 1.54) is 11.3 Å². The van der Waals surface area contributed by atoms with Gasteiger partial charge in [-0.2, -0.15) is 5.10 Å². The monoisotopic (exact) mass is 257 g/mol. The van der Waals surface area contributed by atoms with Crippen molar-refractivity contribution in [1.29, 1.82) is 0 Å². The van der Waals surface area contributed by atoms with Gasteiger partial charge < -0.3 is 10.1 Å². The molecule has 0 bridgehead atoms. The van der Waals surface area contributed by atoms with Crippen LogP contribution in [0, 0.1) is 0 Å². The maximum absolute atomic E-state index is 5.92. The Morgan fingerprint density at radius 2 is 2.26 bits per heavy atom. The second-order valence-electron chi connectivity index (χ2n) is 5.06. The molecule has 100 valence electrons. The van der Waals surface area contributed by atoms with Gasteiger partial charge >= 0.3 is 0 Å². The summed E-state index contributed by atoms with van der Waals surface area (Å²) in [5.74, 6) is 1.03. The average molecular weight is 257 g/mol. The summed E-state index contributed by atoms with van der Waals surface area (Å²) in [6.45, 7) is 3.00. The van der Waals surface area contributed by atoms with Crippen molar-refractivity contribution >= 4 is 0 Å². The van der Waals surface area contributed by atoms with Crippen LogP contribution in [-0.2, 0) is 13.5 Å². The molecule has 0 radical (unpaired) electrons. The Balaban J connectivity index is 1.56. The number of fused-ring (bicyclic) bond motifs is 1. The molecule has 1 N–H and O–H groups in total. The van der Waals surface area contributed by atoms with Gasteiger partial charge in [0.05, 0.1) is 5.69 Å². The Kier molecular flexibility index (Phi) is 3.25. The molecule has 4 nitrogen and oxygen atoms in total. The quantitative estimate of drug-likeness (QED) is 0.911. The summed E-state index contributed by atoms with van der Waals surface area (Å²) in [7, 11) is 1.97. The predicted octanol–water partition coefficient (Wildman–Crippen LogP) is 2.07. The predicted molar refractivity (Wildman–Crippen MR) is 74.2 cm³/mol. The lowest BCUT2D eigenvalue weighted by molar-refractivity contribution is 0.222. The third-order valence-corrected chi connectivity index (χ3v) is 3.67. The molecule has 4 heteroatoms. The largest absolute Gasteiger partial charge is 0.488 e. The van der Waals surface area contributed by atoms with Crippen molar-refractivity contribution in [1.82, 2.24) is 15.1 Å². The van der Waals surface area contributed by atoms with E-state index in [-0.39, 0.29) is 12.1 Å². The SMILES string of the molecule is CC(NCC1Cc2ccccc2O1)c1ccnn1C. The summed E-state index contributed by atoms with van der Waals surface area (Å²) < 4.78 is 7.82. The van der Waals surface area contributed by atoms with Crippen molar-refractivity contribution < 1.29 is 4.74 Å². The number of aryl methyl sites for hydroxylation is 1.